The van der Waals surface area contributed by atoms with Gasteiger partial charge in [-0.1, -0.05) is 47.6 Å². The lowest BCUT2D eigenvalue weighted by Crippen LogP contribution is -2.44. The highest BCUT2D eigenvalue weighted by Crippen LogP contribution is 2.22. The largest absolute Gasteiger partial charge is 0.373 e. The standard InChI is InChI=1S/C25H31N5O2/c1-19-9-6-7-13-22(19)24-27-23(32-28-24)18-30-15-8-10-20(17-30)25(31)26-14-16-29(2)21-11-4-3-5-12-21/h3-7,9,11-13,20H,8,10,14-18H2,1-2H3,(H,26,31). The summed E-state index contributed by atoms with van der Waals surface area (Å²) >= 11 is 0. The molecular weight excluding hydrogens is 402 g/mol. The molecule has 1 aliphatic heterocycles. The van der Waals surface area contributed by atoms with E-state index in [0.717, 1.165) is 42.7 Å². The highest BCUT2D eigenvalue weighted by molar-refractivity contribution is 5.79. The molecule has 4 rings (SSSR count). The van der Waals surface area contributed by atoms with Crippen LogP contribution in [-0.2, 0) is 11.3 Å². The number of likely N-dealkylation sites (N-methyl/N-ethyl adjacent to an activating group) is 1. The van der Waals surface area contributed by atoms with Gasteiger partial charge in [-0.2, -0.15) is 4.98 Å². The van der Waals surface area contributed by atoms with E-state index >= 15 is 0 Å². The number of hydrogen-bond donors (Lipinski definition) is 1. The van der Waals surface area contributed by atoms with Crippen molar-refractivity contribution in [2.45, 2.75) is 26.3 Å². The Labute approximate surface area is 189 Å². The number of likely N-dealkylation sites (tertiary alicyclic amines) is 1. The van der Waals surface area contributed by atoms with Gasteiger partial charge in [-0.25, -0.2) is 0 Å². The van der Waals surface area contributed by atoms with Crippen LogP contribution in [0.5, 0.6) is 0 Å². The van der Waals surface area contributed by atoms with Gasteiger partial charge < -0.3 is 14.7 Å². The number of aryl methyl sites for hydroxylation is 1. The molecule has 2 aromatic carbocycles. The minimum absolute atomic E-state index is 0.00968. The van der Waals surface area contributed by atoms with Crippen LogP contribution in [0.15, 0.2) is 59.1 Å². The smallest absolute Gasteiger partial charge is 0.241 e. The number of nitrogens with one attached hydrogen (secondary N) is 1. The fraction of sp³-hybridized carbons (Fsp3) is 0.400. The Balaban J connectivity index is 1.26. The Morgan fingerprint density at radius 2 is 1.97 bits per heavy atom. The monoisotopic (exact) mass is 433 g/mol. The number of anilines is 1. The molecule has 7 heteroatoms. The van der Waals surface area contributed by atoms with Gasteiger partial charge in [0.2, 0.25) is 17.6 Å². The van der Waals surface area contributed by atoms with Crippen LogP contribution in [0.4, 0.5) is 5.69 Å². The van der Waals surface area contributed by atoms with Gasteiger partial charge in [-0.05, 0) is 44.0 Å². The van der Waals surface area contributed by atoms with Crippen molar-refractivity contribution in [2.24, 2.45) is 5.92 Å². The molecule has 2 heterocycles. The summed E-state index contributed by atoms with van der Waals surface area (Å²) in [5.74, 6) is 1.33. The first kappa shape index (κ1) is 22.0. The van der Waals surface area contributed by atoms with Gasteiger partial charge in [0.1, 0.15) is 0 Å². The predicted molar refractivity (Wildman–Crippen MR) is 125 cm³/mol. The molecule has 0 radical (unpaired) electrons. The molecule has 1 fully saturated rings. The lowest BCUT2D eigenvalue weighted by Gasteiger charge is -2.31. The first-order chi connectivity index (χ1) is 15.6. The first-order valence-corrected chi connectivity index (χ1v) is 11.2. The molecule has 1 amide bonds. The molecule has 1 unspecified atom stereocenters. The molecule has 0 bridgehead atoms. The zero-order valence-corrected chi connectivity index (χ0v) is 18.8. The molecule has 3 aromatic rings. The summed E-state index contributed by atoms with van der Waals surface area (Å²) in [6, 6.07) is 18.2. The molecule has 7 nitrogen and oxygen atoms in total. The fourth-order valence-electron chi connectivity index (χ4n) is 4.16. The molecular formula is C25H31N5O2. The minimum atomic E-state index is -0.00968. The van der Waals surface area contributed by atoms with Gasteiger partial charge in [0, 0.05) is 37.9 Å². The third-order valence-electron chi connectivity index (χ3n) is 6.03. The topological polar surface area (TPSA) is 74.5 Å². The van der Waals surface area contributed by atoms with Crippen molar-refractivity contribution in [2.75, 3.05) is 38.1 Å². The van der Waals surface area contributed by atoms with E-state index in [9.17, 15) is 4.79 Å². The van der Waals surface area contributed by atoms with Crippen molar-refractivity contribution in [1.82, 2.24) is 20.4 Å². The molecule has 1 saturated heterocycles. The molecule has 168 valence electrons. The van der Waals surface area contributed by atoms with Crippen LogP contribution in [0.2, 0.25) is 0 Å². The van der Waals surface area contributed by atoms with Crippen molar-refractivity contribution in [3.8, 4) is 11.4 Å². The number of amides is 1. The predicted octanol–water partition coefficient (Wildman–Crippen LogP) is 3.51. The Morgan fingerprint density at radius 1 is 1.19 bits per heavy atom. The van der Waals surface area contributed by atoms with E-state index in [-0.39, 0.29) is 11.8 Å². The first-order valence-electron chi connectivity index (χ1n) is 11.2. The number of nitrogens with zero attached hydrogens (tertiary/aromatic N) is 4. The van der Waals surface area contributed by atoms with E-state index < -0.39 is 0 Å². The number of rotatable bonds is 8. The highest BCUT2D eigenvalue weighted by atomic mass is 16.5. The quantitative estimate of drug-likeness (QED) is 0.586. The van der Waals surface area contributed by atoms with E-state index in [1.165, 1.54) is 0 Å². The van der Waals surface area contributed by atoms with Gasteiger partial charge in [0.05, 0.1) is 12.5 Å². The molecule has 1 N–H and O–H groups in total. The third-order valence-corrected chi connectivity index (χ3v) is 6.03. The van der Waals surface area contributed by atoms with Crippen LogP contribution in [0.3, 0.4) is 0 Å². The fourth-order valence-corrected chi connectivity index (χ4v) is 4.16. The van der Waals surface area contributed by atoms with Crippen LogP contribution in [0.1, 0.15) is 24.3 Å². The third kappa shape index (κ3) is 5.53. The number of carbonyl (C=O) groups excluding carboxylic acids is 1. The summed E-state index contributed by atoms with van der Waals surface area (Å²) in [7, 11) is 2.04. The molecule has 0 saturated carbocycles. The number of para-hydroxylation sites is 1. The van der Waals surface area contributed by atoms with Gasteiger partial charge in [-0.15, -0.1) is 0 Å². The van der Waals surface area contributed by atoms with Gasteiger partial charge in [0.15, 0.2) is 0 Å². The maximum absolute atomic E-state index is 12.7. The summed E-state index contributed by atoms with van der Waals surface area (Å²) in [6.45, 7) is 5.65. The molecule has 1 aliphatic rings. The zero-order chi connectivity index (χ0) is 22.3. The minimum Gasteiger partial charge on any atom is -0.373 e. The number of hydrogen-bond acceptors (Lipinski definition) is 6. The highest BCUT2D eigenvalue weighted by Gasteiger charge is 2.27. The van der Waals surface area contributed by atoms with E-state index in [0.29, 0.717) is 31.3 Å². The Hall–Kier alpha value is -3.19. The number of carbonyl (C=O) groups is 1. The van der Waals surface area contributed by atoms with Crippen LogP contribution >= 0.6 is 0 Å². The van der Waals surface area contributed by atoms with Crippen molar-refractivity contribution < 1.29 is 9.32 Å². The van der Waals surface area contributed by atoms with E-state index in [4.69, 9.17) is 4.52 Å². The maximum atomic E-state index is 12.7. The van der Waals surface area contributed by atoms with Crippen LogP contribution in [-0.4, -0.2) is 54.2 Å². The second-order valence-electron chi connectivity index (χ2n) is 8.45. The normalized spacial score (nSPS) is 16.6. The summed E-state index contributed by atoms with van der Waals surface area (Å²) < 4.78 is 5.50. The summed E-state index contributed by atoms with van der Waals surface area (Å²) in [5.41, 5.74) is 3.25. The molecule has 32 heavy (non-hydrogen) atoms. The molecule has 1 aromatic heterocycles. The lowest BCUT2D eigenvalue weighted by atomic mass is 9.97. The average molecular weight is 434 g/mol. The number of benzene rings is 2. The Bertz CT molecular complexity index is 1020. The summed E-state index contributed by atoms with van der Waals surface area (Å²) in [5, 5.41) is 7.26. The van der Waals surface area contributed by atoms with E-state index in [2.05, 4.69) is 37.4 Å². The second kappa shape index (κ2) is 10.4. The van der Waals surface area contributed by atoms with Gasteiger partial charge >= 0.3 is 0 Å². The Kier molecular flexibility index (Phi) is 7.17. The molecule has 1 atom stereocenters. The van der Waals surface area contributed by atoms with E-state index in [1.807, 2.05) is 56.4 Å². The average Bonchev–Trinajstić information content (AvgIpc) is 3.28. The molecule has 0 spiro atoms. The molecule has 0 aliphatic carbocycles. The van der Waals surface area contributed by atoms with Crippen molar-refractivity contribution in [3.05, 3.63) is 66.1 Å². The second-order valence-corrected chi connectivity index (χ2v) is 8.45. The summed E-state index contributed by atoms with van der Waals surface area (Å²) in [6.07, 6.45) is 1.90. The van der Waals surface area contributed by atoms with Crippen LogP contribution in [0, 0.1) is 12.8 Å². The SMILES string of the molecule is Cc1ccccc1-c1noc(CN2CCCC(C(=O)NCCN(C)c3ccccc3)C2)n1. The van der Waals surface area contributed by atoms with Crippen molar-refractivity contribution in [3.63, 3.8) is 0 Å². The van der Waals surface area contributed by atoms with E-state index in [1.54, 1.807) is 0 Å². The maximum Gasteiger partial charge on any atom is 0.241 e. The number of piperidine rings is 1. The van der Waals surface area contributed by atoms with Gasteiger partial charge in [-0.3, -0.25) is 9.69 Å². The Morgan fingerprint density at radius 3 is 2.78 bits per heavy atom. The summed E-state index contributed by atoms with van der Waals surface area (Å²) in [4.78, 5) is 21.7. The van der Waals surface area contributed by atoms with Crippen molar-refractivity contribution in [1.29, 1.82) is 0 Å². The van der Waals surface area contributed by atoms with Crippen molar-refractivity contribution >= 4 is 11.6 Å². The lowest BCUT2D eigenvalue weighted by molar-refractivity contribution is -0.126. The van der Waals surface area contributed by atoms with Crippen LogP contribution < -0.4 is 10.2 Å². The van der Waals surface area contributed by atoms with Crippen LogP contribution in [0.25, 0.3) is 11.4 Å². The zero-order valence-electron chi connectivity index (χ0n) is 18.8. The van der Waals surface area contributed by atoms with Gasteiger partial charge in [0.25, 0.3) is 0 Å². The number of aromatic nitrogens is 2.